The summed E-state index contributed by atoms with van der Waals surface area (Å²) in [6.07, 6.45) is 4.23. The zero-order valence-corrected chi connectivity index (χ0v) is 16.5. The van der Waals surface area contributed by atoms with Crippen LogP contribution in [0.15, 0.2) is 65.7 Å². The van der Waals surface area contributed by atoms with Crippen LogP contribution in [0.5, 0.6) is 0 Å². The van der Waals surface area contributed by atoms with E-state index >= 15 is 0 Å². The molecule has 0 saturated carbocycles. The maximum atomic E-state index is 12.9. The number of carbonyl (C=O) groups excluding carboxylic acids is 1. The van der Waals surface area contributed by atoms with Crippen molar-refractivity contribution in [1.29, 1.82) is 0 Å². The topological polar surface area (TPSA) is 64.0 Å². The Hall–Kier alpha value is -3.21. The minimum absolute atomic E-state index is 0.197. The van der Waals surface area contributed by atoms with Crippen LogP contribution in [0.3, 0.4) is 0 Å². The molecule has 0 radical (unpaired) electrons. The maximum Gasteiger partial charge on any atom is 0.263 e. The monoisotopic (exact) mass is 375 g/mol. The van der Waals surface area contributed by atoms with Crippen LogP contribution in [0.1, 0.15) is 45.7 Å². The molecule has 5 nitrogen and oxygen atoms in total. The Bertz CT molecular complexity index is 1010. The van der Waals surface area contributed by atoms with Gasteiger partial charge >= 0.3 is 0 Å². The number of benzene rings is 1. The van der Waals surface area contributed by atoms with Crippen molar-refractivity contribution in [2.24, 2.45) is 0 Å². The van der Waals surface area contributed by atoms with Gasteiger partial charge in [-0.15, -0.1) is 0 Å². The van der Waals surface area contributed by atoms with E-state index < -0.39 is 0 Å². The Labute approximate surface area is 165 Å². The zero-order chi connectivity index (χ0) is 20.1. The molecule has 0 aliphatic rings. The molecule has 0 saturated heterocycles. The van der Waals surface area contributed by atoms with Gasteiger partial charge in [-0.05, 0) is 56.0 Å². The molecular formula is C23H25N3O2. The Morgan fingerprint density at radius 1 is 1.11 bits per heavy atom. The first-order valence-electron chi connectivity index (χ1n) is 9.43. The number of rotatable bonds is 6. The van der Waals surface area contributed by atoms with Gasteiger partial charge in [-0.1, -0.05) is 36.4 Å². The van der Waals surface area contributed by atoms with Crippen LogP contribution in [-0.4, -0.2) is 15.5 Å². The standard InChI is InChI=1S/C23H25N3O2/c1-16-11-13-26(14-12-19-7-5-4-6-8-19)23(28)21(16)22(27)25-18(3)20-10-9-17(2)24-15-20/h4-11,13,15,18H,12,14H2,1-3H3,(H,25,27). The van der Waals surface area contributed by atoms with Gasteiger partial charge in [-0.2, -0.15) is 0 Å². The Kier molecular flexibility index (Phi) is 6.04. The summed E-state index contributed by atoms with van der Waals surface area (Å²) in [5, 5.41) is 2.92. The van der Waals surface area contributed by atoms with E-state index in [1.165, 1.54) is 0 Å². The average molecular weight is 375 g/mol. The van der Waals surface area contributed by atoms with Crippen molar-refractivity contribution in [3.05, 3.63) is 99.2 Å². The molecule has 0 bridgehead atoms. The molecule has 0 spiro atoms. The molecular weight excluding hydrogens is 350 g/mol. The van der Waals surface area contributed by atoms with Gasteiger partial charge in [0, 0.05) is 24.6 Å². The van der Waals surface area contributed by atoms with Crippen molar-refractivity contribution < 1.29 is 4.79 Å². The van der Waals surface area contributed by atoms with Gasteiger partial charge in [0.25, 0.3) is 11.5 Å². The van der Waals surface area contributed by atoms with Crippen molar-refractivity contribution in [2.45, 2.75) is 39.8 Å². The molecule has 2 heterocycles. The highest BCUT2D eigenvalue weighted by molar-refractivity contribution is 5.95. The summed E-state index contributed by atoms with van der Waals surface area (Å²) in [5.74, 6) is -0.357. The van der Waals surface area contributed by atoms with Crippen LogP contribution in [0.25, 0.3) is 0 Å². The van der Waals surface area contributed by atoms with E-state index in [4.69, 9.17) is 0 Å². The molecule has 0 fully saturated rings. The molecule has 1 aromatic carbocycles. The fourth-order valence-electron chi connectivity index (χ4n) is 3.10. The quantitative estimate of drug-likeness (QED) is 0.716. The lowest BCUT2D eigenvalue weighted by molar-refractivity contribution is 0.0937. The number of amides is 1. The van der Waals surface area contributed by atoms with E-state index in [1.54, 1.807) is 23.9 Å². The lowest BCUT2D eigenvalue weighted by atomic mass is 10.1. The third-order valence-corrected chi connectivity index (χ3v) is 4.87. The van der Waals surface area contributed by atoms with Crippen LogP contribution in [0.2, 0.25) is 0 Å². The third-order valence-electron chi connectivity index (χ3n) is 4.87. The molecule has 3 aromatic rings. The number of aryl methyl sites for hydroxylation is 4. The highest BCUT2D eigenvalue weighted by atomic mass is 16.2. The molecule has 5 heteroatoms. The minimum Gasteiger partial charge on any atom is -0.345 e. The van der Waals surface area contributed by atoms with Crippen molar-refractivity contribution in [1.82, 2.24) is 14.9 Å². The van der Waals surface area contributed by atoms with E-state index in [2.05, 4.69) is 10.3 Å². The third kappa shape index (κ3) is 4.55. The zero-order valence-electron chi connectivity index (χ0n) is 16.5. The van der Waals surface area contributed by atoms with Gasteiger partial charge in [0.05, 0.1) is 6.04 Å². The highest BCUT2D eigenvalue weighted by Crippen LogP contribution is 2.13. The van der Waals surface area contributed by atoms with Crippen molar-refractivity contribution in [2.75, 3.05) is 0 Å². The number of aromatic nitrogens is 2. The summed E-state index contributed by atoms with van der Waals surface area (Å²) >= 11 is 0. The summed E-state index contributed by atoms with van der Waals surface area (Å²) in [4.78, 5) is 30.0. The molecule has 1 unspecified atom stereocenters. The van der Waals surface area contributed by atoms with Crippen molar-refractivity contribution in [3.8, 4) is 0 Å². The summed E-state index contributed by atoms with van der Waals surface area (Å²) in [7, 11) is 0. The van der Waals surface area contributed by atoms with Crippen LogP contribution in [-0.2, 0) is 13.0 Å². The Morgan fingerprint density at radius 3 is 2.54 bits per heavy atom. The second kappa shape index (κ2) is 8.65. The predicted molar refractivity (Wildman–Crippen MR) is 110 cm³/mol. The first-order chi connectivity index (χ1) is 13.5. The molecule has 1 atom stereocenters. The second-order valence-electron chi connectivity index (χ2n) is 7.04. The fourth-order valence-corrected chi connectivity index (χ4v) is 3.10. The van der Waals surface area contributed by atoms with Crippen LogP contribution in [0, 0.1) is 13.8 Å². The van der Waals surface area contributed by atoms with Crippen LogP contribution in [0.4, 0.5) is 0 Å². The van der Waals surface area contributed by atoms with Gasteiger partial charge in [0.1, 0.15) is 5.56 Å². The smallest absolute Gasteiger partial charge is 0.263 e. The number of carbonyl (C=O) groups is 1. The van der Waals surface area contributed by atoms with E-state index in [-0.39, 0.29) is 23.1 Å². The largest absolute Gasteiger partial charge is 0.345 e. The number of nitrogens with one attached hydrogen (secondary N) is 1. The molecule has 0 aliphatic carbocycles. The molecule has 1 amide bonds. The number of hydrogen-bond acceptors (Lipinski definition) is 3. The van der Waals surface area contributed by atoms with Gasteiger partial charge in [-0.25, -0.2) is 0 Å². The SMILES string of the molecule is Cc1ccc(C(C)NC(=O)c2c(C)ccn(CCc3ccccc3)c2=O)cn1. The summed E-state index contributed by atoms with van der Waals surface area (Å²) < 4.78 is 1.60. The normalized spacial score (nSPS) is 11.8. The van der Waals surface area contributed by atoms with Gasteiger partial charge in [-0.3, -0.25) is 14.6 Å². The molecule has 144 valence electrons. The van der Waals surface area contributed by atoms with E-state index in [1.807, 2.05) is 62.4 Å². The number of nitrogens with zero attached hydrogens (tertiary/aromatic N) is 2. The van der Waals surface area contributed by atoms with E-state index in [9.17, 15) is 9.59 Å². The summed E-state index contributed by atoms with van der Waals surface area (Å²) in [5.41, 5.74) is 3.58. The lowest BCUT2D eigenvalue weighted by Gasteiger charge is -2.16. The van der Waals surface area contributed by atoms with Crippen molar-refractivity contribution >= 4 is 5.91 Å². The van der Waals surface area contributed by atoms with Gasteiger partial charge in [0.15, 0.2) is 0 Å². The first-order valence-corrected chi connectivity index (χ1v) is 9.43. The Morgan fingerprint density at radius 2 is 1.86 bits per heavy atom. The first kappa shape index (κ1) is 19.5. The maximum absolute atomic E-state index is 12.9. The summed E-state index contributed by atoms with van der Waals surface area (Å²) in [6.45, 7) is 6.12. The van der Waals surface area contributed by atoms with Gasteiger partial charge < -0.3 is 9.88 Å². The average Bonchev–Trinajstić information content (AvgIpc) is 2.68. The van der Waals surface area contributed by atoms with Crippen LogP contribution < -0.4 is 10.9 Å². The molecule has 28 heavy (non-hydrogen) atoms. The number of hydrogen-bond donors (Lipinski definition) is 1. The predicted octanol–water partition coefficient (Wildman–Crippen LogP) is 3.59. The lowest BCUT2D eigenvalue weighted by Crippen LogP contribution is -2.35. The second-order valence-corrected chi connectivity index (χ2v) is 7.04. The molecule has 1 N–H and O–H groups in total. The molecule has 2 aromatic heterocycles. The Balaban J connectivity index is 1.77. The summed E-state index contributed by atoms with van der Waals surface area (Å²) in [6, 6.07) is 15.4. The van der Waals surface area contributed by atoms with Gasteiger partial charge in [0.2, 0.25) is 0 Å². The fraction of sp³-hybridized carbons (Fsp3) is 0.261. The number of pyridine rings is 2. The minimum atomic E-state index is -0.357. The van der Waals surface area contributed by atoms with E-state index in [0.29, 0.717) is 12.1 Å². The highest BCUT2D eigenvalue weighted by Gasteiger charge is 2.18. The van der Waals surface area contributed by atoms with Crippen LogP contribution >= 0.6 is 0 Å². The van der Waals surface area contributed by atoms with Crippen molar-refractivity contribution in [3.63, 3.8) is 0 Å². The molecule has 3 rings (SSSR count). The van der Waals surface area contributed by atoms with E-state index in [0.717, 1.165) is 23.2 Å². The molecule has 0 aliphatic heterocycles.